The molecule has 0 unspecified atom stereocenters. The molecule has 0 N–H and O–H groups in total. The average Bonchev–Trinajstić information content (AvgIpc) is 2.94. The zero-order chi connectivity index (χ0) is 13.9. The van der Waals surface area contributed by atoms with Gasteiger partial charge in [0.15, 0.2) is 0 Å². The molecule has 4 nitrogen and oxygen atoms in total. The van der Waals surface area contributed by atoms with Crippen molar-refractivity contribution in [3.8, 4) is 27.6 Å². The molecule has 0 aliphatic carbocycles. The van der Waals surface area contributed by atoms with Crippen LogP contribution in [0.4, 0.5) is 0 Å². The van der Waals surface area contributed by atoms with Gasteiger partial charge in [0.2, 0.25) is 5.88 Å². The first-order chi connectivity index (χ1) is 9.78. The third kappa shape index (κ3) is 2.40. The molecule has 0 bridgehead atoms. The summed E-state index contributed by atoms with van der Waals surface area (Å²) >= 11 is 1.59. The van der Waals surface area contributed by atoms with E-state index in [1.165, 1.54) is 0 Å². The van der Waals surface area contributed by atoms with Gasteiger partial charge in [-0.05, 0) is 30.7 Å². The third-order valence-corrected chi connectivity index (χ3v) is 3.80. The van der Waals surface area contributed by atoms with Gasteiger partial charge in [0, 0.05) is 17.3 Å². The number of rotatable bonds is 3. The molecule has 0 saturated heterocycles. The second-order valence-electron chi connectivity index (χ2n) is 4.27. The van der Waals surface area contributed by atoms with Crippen molar-refractivity contribution in [2.75, 3.05) is 7.11 Å². The first-order valence-electron chi connectivity index (χ1n) is 6.18. The topological polar surface area (TPSA) is 47.9 Å². The van der Waals surface area contributed by atoms with Gasteiger partial charge in [-0.3, -0.25) is 0 Å². The van der Waals surface area contributed by atoms with Crippen LogP contribution in [-0.4, -0.2) is 22.3 Å². The van der Waals surface area contributed by atoms with Crippen LogP contribution >= 0.6 is 11.3 Å². The van der Waals surface area contributed by atoms with Gasteiger partial charge in [0.05, 0.1) is 7.11 Å². The first kappa shape index (κ1) is 12.7. The van der Waals surface area contributed by atoms with Gasteiger partial charge in [-0.1, -0.05) is 29.5 Å². The smallest absolute Gasteiger partial charge is 0.221 e. The third-order valence-electron chi connectivity index (χ3n) is 2.91. The predicted octanol–water partition coefficient (Wildman–Crippen LogP) is 3.58. The summed E-state index contributed by atoms with van der Waals surface area (Å²) in [4.78, 5) is 4.23. The molecule has 0 atom stereocenters. The normalized spacial score (nSPS) is 10.5. The van der Waals surface area contributed by atoms with Gasteiger partial charge in [-0.2, -0.15) is 0 Å². The second kappa shape index (κ2) is 5.38. The van der Waals surface area contributed by atoms with E-state index in [2.05, 4.69) is 21.2 Å². The number of ether oxygens (including phenoxy) is 1. The van der Waals surface area contributed by atoms with E-state index in [9.17, 15) is 0 Å². The van der Waals surface area contributed by atoms with E-state index in [1.54, 1.807) is 24.6 Å². The van der Waals surface area contributed by atoms with E-state index >= 15 is 0 Å². The van der Waals surface area contributed by atoms with Crippen molar-refractivity contribution in [2.45, 2.75) is 6.92 Å². The summed E-state index contributed by atoms with van der Waals surface area (Å²) in [6.45, 7) is 1.95. The van der Waals surface area contributed by atoms with E-state index in [4.69, 9.17) is 4.74 Å². The lowest BCUT2D eigenvalue weighted by molar-refractivity contribution is 0.399. The summed E-state index contributed by atoms with van der Waals surface area (Å²) in [5.74, 6) is 0.623. The number of methoxy groups -OCH3 is 1. The van der Waals surface area contributed by atoms with Gasteiger partial charge in [0.25, 0.3) is 0 Å². The molecule has 0 amide bonds. The maximum absolute atomic E-state index is 5.31. The Bertz CT molecular complexity index is 739. The Balaban J connectivity index is 2.07. The fraction of sp³-hybridized carbons (Fsp3) is 0.133. The Morgan fingerprint density at radius 3 is 2.65 bits per heavy atom. The molecule has 0 fully saturated rings. The summed E-state index contributed by atoms with van der Waals surface area (Å²) in [5.41, 5.74) is 3.08. The fourth-order valence-electron chi connectivity index (χ4n) is 2.01. The van der Waals surface area contributed by atoms with Gasteiger partial charge in [-0.15, -0.1) is 10.2 Å². The van der Waals surface area contributed by atoms with Crippen LogP contribution in [0.5, 0.6) is 5.88 Å². The van der Waals surface area contributed by atoms with Crippen LogP contribution in [-0.2, 0) is 0 Å². The Hall–Kier alpha value is -2.27. The summed E-state index contributed by atoms with van der Waals surface area (Å²) in [7, 11) is 1.63. The summed E-state index contributed by atoms with van der Waals surface area (Å²) < 4.78 is 5.31. The largest absolute Gasteiger partial charge is 0.481 e. The lowest BCUT2D eigenvalue weighted by Crippen LogP contribution is -1.91. The standard InChI is InChI=1S/C15H13N3OS/c1-10-17-18-15(20-10)12-6-3-5-11(9-12)13-7-4-8-16-14(13)19-2/h3-9H,1-2H3. The van der Waals surface area contributed by atoms with E-state index in [0.29, 0.717) is 5.88 Å². The van der Waals surface area contributed by atoms with Crippen molar-refractivity contribution in [3.63, 3.8) is 0 Å². The number of hydrogen-bond donors (Lipinski definition) is 0. The molecule has 2 aromatic heterocycles. The van der Waals surface area contributed by atoms with Gasteiger partial charge >= 0.3 is 0 Å². The summed E-state index contributed by atoms with van der Waals surface area (Å²) in [5, 5.41) is 10.1. The number of benzene rings is 1. The quantitative estimate of drug-likeness (QED) is 0.737. The lowest BCUT2D eigenvalue weighted by atomic mass is 10.0. The highest BCUT2D eigenvalue weighted by Crippen LogP contribution is 2.31. The van der Waals surface area contributed by atoms with Gasteiger partial charge in [-0.25, -0.2) is 4.98 Å². The van der Waals surface area contributed by atoms with Gasteiger partial charge < -0.3 is 4.74 Å². The highest BCUT2D eigenvalue weighted by molar-refractivity contribution is 7.14. The molecule has 0 aliphatic heterocycles. The zero-order valence-electron chi connectivity index (χ0n) is 11.2. The van der Waals surface area contributed by atoms with Crippen molar-refractivity contribution in [3.05, 3.63) is 47.6 Å². The molecule has 0 spiro atoms. The predicted molar refractivity (Wildman–Crippen MR) is 79.9 cm³/mol. The van der Waals surface area contributed by atoms with Crippen LogP contribution < -0.4 is 4.74 Å². The minimum absolute atomic E-state index is 0.623. The number of aryl methyl sites for hydroxylation is 1. The van der Waals surface area contributed by atoms with E-state index in [-0.39, 0.29) is 0 Å². The van der Waals surface area contributed by atoms with Crippen molar-refractivity contribution in [2.24, 2.45) is 0 Å². The molecular formula is C15H13N3OS. The van der Waals surface area contributed by atoms with Crippen molar-refractivity contribution in [1.29, 1.82) is 0 Å². The van der Waals surface area contributed by atoms with Crippen LogP contribution in [0.3, 0.4) is 0 Å². The first-order valence-corrected chi connectivity index (χ1v) is 6.99. The molecular weight excluding hydrogens is 270 g/mol. The fourth-order valence-corrected chi connectivity index (χ4v) is 2.69. The van der Waals surface area contributed by atoms with Crippen LogP contribution in [0, 0.1) is 6.92 Å². The highest BCUT2D eigenvalue weighted by atomic mass is 32.1. The monoisotopic (exact) mass is 283 g/mol. The molecule has 5 heteroatoms. The highest BCUT2D eigenvalue weighted by Gasteiger charge is 2.09. The van der Waals surface area contributed by atoms with E-state index < -0.39 is 0 Å². The van der Waals surface area contributed by atoms with E-state index in [1.807, 2.05) is 37.3 Å². The maximum Gasteiger partial charge on any atom is 0.221 e. The molecule has 100 valence electrons. The van der Waals surface area contributed by atoms with Crippen LogP contribution in [0.1, 0.15) is 5.01 Å². The minimum Gasteiger partial charge on any atom is -0.481 e. The number of pyridine rings is 1. The van der Waals surface area contributed by atoms with Crippen LogP contribution in [0.25, 0.3) is 21.7 Å². The summed E-state index contributed by atoms with van der Waals surface area (Å²) in [6, 6.07) is 12.1. The van der Waals surface area contributed by atoms with Crippen LogP contribution in [0.15, 0.2) is 42.6 Å². The maximum atomic E-state index is 5.31. The Morgan fingerprint density at radius 1 is 1.05 bits per heavy atom. The second-order valence-corrected chi connectivity index (χ2v) is 5.45. The number of hydrogen-bond acceptors (Lipinski definition) is 5. The molecule has 1 aromatic carbocycles. The Labute approximate surface area is 121 Å². The lowest BCUT2D eigenvalue weighted by Gasteiger charge is -2.07. The molecule has 3 aromatic rings. The van der Waals surface area contributed by atoms with Crippen molar-refractivity contribution in [1.82, 2.24) is 15.2 Å². The van der Waals surface area contributed by atoms with Gasteiger partial charge in [0.1, 0.15) is 10.0 Å². The summed E-state index contributed by atoms with van der Waals surface area (Å²) in [6.07, 6.45) is 1.72. The Kier molecular flexibility index (Phi) is 3.43. The molecule has 3 rings (SSSR count). The number of aromatic nitrogens is 3. The van der Waals surface area contributed by atoms with Crippen molar-refractivity contribution < 1.29 is 4.74 Å². The van der Waals surface area contributed by atoms with Crippen LogP contribution in [0.2, 0.25) is 0 Å². The molecule has 0 aliphatic rings. The molecule has 0 radical (unpaired) electrons. The molecule has 0 saturated carbocycles. The Morgan fingerprint density at radius 2 is 1.90 bits per heavy atom. The molecule has 20 heavy (non-hydrogen) atoms. The zero-order valence-corrected chi connectivity index (χ0v) is 12.0. The SMILES string of the molecule is COc1ncccc1-c1cccc(-c2nnc(C)s2)c1. The number of nitrogens with zero attached hydrogens (tertiary/aromatic N) is 3. The van der Waals surface area contributed by atoms with E-state index in [0.717, 1.165) is 26.7 Å². The van der Waals surface area contributed by atoms with Crippen molar-refractivity contribution >= 4 is 11.3 Å². The average molecular weight is 283 g/mol. The molecule has 2 heterocycles. The minimum atomic E-state index is 0.623.